The Morgan fingerprint density at radius 2 is 1.87 bits per heavy atom. The van der Waals surface area contributed by atoms with E-state index in [4.69, 9.17) is 16.3 Å². The van der Waals surface area contributed by atoms with Gasteiger partial charge in [0.05, 0.1) is 13.3 Å². The third kappa shape index (κ3) is 6.40. The van der Waals surface area contributed by atoms with E-state index in [1.54, 1.807) is 22.5 Å². The third-order valence-corrected chi connectivity index (χ3v) is 5.79. The zero-order chi connectivity index (χ0) is 21.3. The number of thioether (sulfide) groups is 1. The van der Waals surface area contributed by atoms with Gasteiger partial charge in [0.1, 0.15) is 6.54 Å². The Morgan fingerprint density at radius 3 is 2.57 bits per heavy atom. The highest BCUT2D eigenvalue weighted by Crippen LogP contribution is 2.24. The maximum absolute atomic E-state index is 12.5. The molecule has 0 radical (unpaired) electrons. The molecule has 1 aromatic heterocycles. The second-order valence-corrected chi connectivity index (χ2v) is 8.14. The van der Waals surface area contributed by atoms with Crippen molar-refractivity contribution >= 4 is 29.3 Å². The zero-order valence-electron chi connectivity index (χ0n) is 16.6. The van der Waals surface area contributed by atoms with Gasteiger partial charge >= 0.3 is 0 Å². The highest BCUT2D eigenvalue weighted by molar-refractivity contribution is 7.98. The number of hydrogen-bond acceptors (Lipinski definition) is 4. The number of nitrogens with zero attached hydrogens (tertiary/aromatic N) is 1. The molecule has 1 heterocycles. The van der Waals surface area contributed by atoms with Crippen LogP contribution in [0.15, 0.2) is 76.6 Å². The van der Waals surface area contributed by atoms with Crippen molar-refractivity contribution in [1.82, 2.24) is 9.88 Å². The highest BCUT2D eigenvalue weighted by atomic mass is 35.5. The molecule has 3 rings (SSSR count). The number of amides is 1. The molecular formula is C23H23ClN2O3S. The Balaban J connectivity index is 1.66. The van der Waals surface area contributed by atoms with E-state index in [0.29, 0.717) is 17.3 Å². The predicted molar refractivity (Wildman–Crippen MR) is 121 cm³/mol. The van der Waals surface area contributed by atoms with Gasteiger partial charge in [-0.2, -0.15) is 0 Å². The van der Waals surface area contributed by atoms with Gasteiger partial charge in [0.25, 0.3) is 0 Å². The second kappa shape index (κ2) is 10.9. The van der Waals surface area contributed by atoms with Gasteiger partial charge < -0.3 is 14.6 Å². The average molecular weight is 443 g/mol. The first-order chi connectivity index (χ1) is 14.5. The molecule has 7 heteroatoms. The molecule has 0 saturated carbocycles. The normalized spacial score (nSPS) is 10.6. The number of carbonyl (C=O) groups excluding carboxylic acids is 1. The first kappa shape index (κ1) is 22.0. The van der Waals surface area contributed by atoms with Crippen LogP contribution in [0.2, 0.25) is 5.02 Å². The molecule has 0 spiro atoms. The summed E-state index contributed by atoms with van der Waals surface area (Å²) in [6.07, 6.45) is 2.36. The lowest BCUT2D eigenvalue weighted by molar-refractivity contribution is -0.121. The summed E-state index contributed by atoms with van der Waals surface area (Å²) in [5.74, 6) is 0.639. The Kier molecular flexibility index (Phi) is 7.99. The molecule has 5 nitrogen and oxygen atoms in total. The van der Waals surface area contributed by atoms with Gasteiger partial charge in [-0.15, -0.1) is 11.8 Å². The van der Waals surface area contributed by atoms with Gasteiger partial charge in [-0.25, -0.2) is 0 Å². The Morgan fingerprint density at radius 1 is 1.13 bits per heavy atom. The van der Waals surface area contributed by atoms with Crippen molar-refractivity contribution in [1.29, 1.82) is 0 Å². The van der Waals surface area contributed by atoms with Crippen LogP contribution in [0, 0.1) is 0 Å². The van der Waals surface area contributed by atoms with E-state index < -0.39 is 0 Å². The van der Waals surface area contributed by atoms with Crippen molar-refractivity contribution in [2.24, 2.45) is 0 Å². The van der Waals surface area contributed by atoms with Crippen LogP contribution in [0.5, 0.6) is 5.75 Å². The number of pyridine rings is 1. The van der Waals surface area contributed by atoms with Gasteiger partial charge in [0.15, 0.2) is 5.75 Å². The van der Waals surface area contributed by atoms with Crippen LogP contribution in [0.1, 0.15) is 11.3 Å². The fourth-order valence-electron chi connectivity index (χ4n) is 2.91. The molecule has 0 saturated heterocycles. The second-order valence-electron chi connectivity index (χ2n) is 6.65. The lowest BCUT2D eigenvalue weighted by Gasteiger charge is -2.15. The number of benzene rings is 2. The van der Waals surface area contributed by atoms with Gasteiger partial charge in [-0.1, -0.05) is 41.9 Å². The molecule has 1 amide bonds. The van der Waals surface area contributed by atoms with Gasteiger partial charge in [-0.3, -0.25) is 9.59 Å². The quantitative estimate of drug-likeness (QED) is 0.505. The number of nitrogens with one attached hydrogen (secondary N) is 1. The minimum absolute atomic E-state index is 0.113. The smallest absolute Gasteiger partial charge is 0.239 e. The van der Waals surface area contributed by atoms with E-state index in [1.165, 1.54) is 18.7 Å². The summed E-state index contributed by atoms with van der Waals surface area (Å²) in [4.78, 5) is 25.7. The van der Waals surface area contributed by atoms with Crippen molar-refractivity contribution in [2.75, 3.05) is 13.7 Å². The summed E-state index contributed by atoms with van der Waals surface area (Å²) in [5.41, 5.74) is 1.71. The number of hydrogen-bond donors (Lipinski definition) is 1. The molecule has 0 unspecified atom stereocenters. The molecule has 0 bridgehead atoms. The van der Waals surface area contributed by atoms with Crippen LogP contribution in [0.3, 0.4) is 0 Å². The fourth-order valence-corrected chi connectivity index (χ4v) is 3.93. The molecule has 0 atom stereocenters. The lowest BCUT2D eigenvalue weighted by atomic mass is 10.1. The molecule has 3 aromatic rings. The maximum atomic E-state index is 12.5. The summed E-state index contributed by atoms with van der Waals surface area (Å²) < 4.78 is 6.92. The van der Waals surface area contributed by atoms with Crippen LogP contribution in [-0.4, -0.2) is 24.1 Å². The minimum atomic E-state index is -0.204. The first-order valence-corrected chi connectivity index (χ1v) is 10.9. The third-order valence-electron chi connectivity index (χ3n) is 4.50. The van der Waals surface area contributed by atoms with E-state index in [0.717, 1.165) is 17.0 Å². The largest absolute Gasteiger partial charge is 0.491 e. The number of rotatable bonds is 9. The van der Waals surface area contributed by atoms with E-state index in [9.17, 15) is 9.59 Å². The molecule has 0 aliphatic rings. The topological polar surface area (TPSA) is 60.3 Å². The van der Waals surface area contributed by atoms with E-state index in [2.05, 4.69) is 5.32 Å². The molecule has 0 fully saturated rings. The summed E-state index contributed by atoms with van der Waals surface area (Å²) in [7, 11) is 1.45. The number of methoxy groups -OCH3 is 1. The van der Waals surface area contributed by atoms with Crippen LogP contribution in [0.4, 0.5) is 0 Å². The highest BCUT2D eigenvalue weighted by Gasteiger charge is 2.11. The van der Waals surface area contributed by atoms with Gasteiger partial charge in [0.2, 0.25) is 11.3 Å². The van der Waals surface area contributed by atoms with Crippen LogP contribution < -0.4 is 15.5 Å². The fraction of sp³-hybridized carbons (Fsp3) is 0.217. The minimum Gasteiger partial charge on any atom is -0.491 e. The first-order valence-electron chi connectivity index (χ1n) is 9.51. The molecule has 2 aromatic carbocycles. The van der Waals surface area contributed by atoms with Crippen molar-refractivity contribution in [3.05, 3.63) is 93.4 Å². The van der Waals surface area contributed by atoms with Crippen molar-refractivity contribution < 1.29 is 9.53 Å². The number of halogens is 1. The lowest BCUT2D eigenvalue weighted by Crippen LogP contribution is -2.30. The maximum Gasteiger partial charge on any atom is 0.239 e. The summed E-state index contributed by atoms with van der Waals surface area (Å²) >= 11 is 7.50. The van der Waals surface area contributed by atoms with Crippen molar-refractivity contribution in [2.45, 2.75) is 23.6 Å². The molecule has 0 aliphatic carbocycles. The van der Waals surface area contributed by atoms with Crippen molar-refractivity contribution in [3.63, 3.8) is 0 Å². The predicted octanol–water partition coefficient (Wildman–Crippen LogP) is 4.16. The van der Waals surface area contributed by atoms with E-state index >= 15 is 0 Å². The average Bonchev–Trinajstić information content (AvgIpc) is 2.75. The van der Waals surface area contributed by atoms with E-state index in [-0.39, 0.29) is 23.6 Å². The molecule has 30 heavy (non-hydrogen) atoms. The molecule has 1 N–H and O–H groups in total. The standard InChI is InChI=1S/C23H23ClN2O3S/c1-29-22-14-26(15-23(28)25-12-11-17-5-3-2-4-6-17)19(13-21(22)27)16-30-20-9-7-18(24)8-10-20/h2-10,13-14H,11-12,15-16H2,1H3,(H,25,28). The van der Waals surface area contributed by atoms with Gasteiger partial charge in [0, 0.05) is 34.0 Å². The number of ether oxygens (including phenoxy) is 1. The Labute approximate surface area is 185 Å². The summed E-state index contributed by atoms with van der Waals surface area (Å²) in [6.45, 7) is 0.664. The zero-order valence-corrected chi connectivity index (χ0v) is 18.2. The Bertz CT molecular complexity index is 1040. The number of carbonyl (C=O) groups is 1. The Hall–Kier alpha value is -2.70. The monoisotopic (exact) mass is 442 g/mol. The molecule has 156 valence electrons. The molecular weight excluding hydrogens is 420 g/mol. The van der Waals surface area contributed by atoms with Crippen LogP contribution in [0.25, 0.3) is 0 Å². The number of aromatic nitrogens is 1. The van der Waals surface area contributed by atoms with Gasteiger partial charge in [-0.05, 0) is 36.2 Å². The van der Waals surface area contributed by atoms with Crippen LogP contribution in [-0.2, 0) is 23.5 Å². The van der Waals surface area contributed by atoms with Crippen LogP contribution >= 0.6 is 23.4 Å². The summed E-state index contributed by atoms with van der Waals surface area (Å²) in [6, 6.07) is 19.0. The summed E-state index contributed by atoms with van der Waals surface area (Å²) in [5, 5.41) is 3.61. The SMILES string of the molecule is COc1cn(CC(=O)NCCc2ccccc2)c(CSc2ccc(Cl)cc2)cc1=O. The van der Waals surface area contributed by atoms with E-state index in [1.807, 2.05) is 54.6 Å². The van der Waals surface area contributed by atoms with Crippen molar-refractivity contribution in [3.8, 4) is 5.75 Å². The molecule has 0 aliphatic heterocycles.